The summed E-state index contributed by atoms with van der Waals surface area (Å²) in [5.41, 5.74) is 0.830. The Morgan fingerprint density at radius 2 is 1.93 bits per heavy atom. The predicted octanol–water partition coefficient (Wildman–Crippen LogP) is 5.68. The maximum atomic E-state index is 14.3. The summed E-state index contributed by atoms with van der Waals surface area (Å²) < 4.78 is 50.4. The molecule has 40 heavy (non-hydrogen) atoms. The molecule has 2 fully saturated rings. The van der Waals surface area contributed by atoms with E-state index in [-0.39, 0.29) is 35.4 Å². The third kappa shape index (κ3) is 4.32. The van der Waals surface area contributed by atoms with Gasteiger partial charge in [0.15, 0.2) is 0 Å². The number of nitrogens with zero attached hydrogens (tertiary/aromatic N) is 4. The summed E-state index contributed by atoms with van der Waals surface area (Å²) in [5, 5.41) is 11.9. The van der Waals surface area contributed by atoms with Crippen LogP contribution in [0.3, 0.4) is 0 Å². The average Bonchev–Trinajstić information content (AvgIpc) is 3.45. The van der Waals surface area contributed by atoms with Gasteiger partial charge in [-0.25, -0.2) is 0 Å². The van der Waals surface area contributed by atoms with Crippen molar-refractivity contribution in [3.8, 4) is 0 Å². The fourth-order valence-electron chi connectivity index (χ4n) is 6.72. The van der Waals surface area contributed by atoms with Crippen LogP contribution >= 0.6 is 0 Å². The zero-order valence-electron chi connectivity index (χ0n) is 23.2. The predicted molar refractivity (Wildman–Crippen MR) is 144 cm³/mol. The second-order valence-corrected chi connectivity index (χ2v) is 11.9. The highest BCUT2D eigenvalue weighted by Crippen LogP contribution is 2.50. The molecule has 6 rings (SSSR count). The van der Waals surface area contributed by atoms with Crippen LogP contribution in [0.2, 0.25) is 0 Å². The van der Waals surface area contributed by atoms with Gasteiger partial charge in [0.25, 0.3) is 5.91 Å². The van der Waals surface area contributed by atoms with Crippen LogP contribution in [0, 0.1) is 0 Å². The van der Waals surface area contributed by atoms with Crippen molar-refractivity contribution in [1.29, 1.82) is 0 Å². The van der Waals surface area contributed by atoms with E-state index in [2.05, 4.69) is 22.4 Å². The summed E-state index contributed by atoms with van der Waals surface area (Å²) in [7, 11) is 3.57. The number of alkyl halides is 3. The fraction of sp³-hybridized carbons (Fsp3) is 0.500. The second kappa shape index (κ2) is 9.41. The first-order chi connectivity index (χ1) is 18.9. The standard InChI is InChI=1S/C30H34F3N5O2/c1-18(35-28(2)9-6-10-28)19-11-23-24(25(12-19)30(31,32)33)16-38(26(23)39)21-8-5-7-20(13-21)29(14-22(15-29)40-4)27-36-34-17-37(27)3/h5,7-8,11-13,17-18,22,35H,6,9-10,14-16H2,1-4H3/t18-,22-,29-/m1/s1. The van der Waals surface area contributed by atoms with E-state index >= 15 is 0 Å². The molecule has 0 saturated heterocycles. The normalized spacial score (nSPS) is 24.4. The minimum absolute atomic E-state index is 0.0276. The number of amides is 1. The Balaban J connectivity index is 1.36. The van der Waals surface area contributed by atoms with Crippen molar-refractivity contribution in [1.82, 2.24) is 20.1 Å². The number of ether oxygens (including phenoxy) is 1. The average molecular weight is 554 g/mol. The molecule has 2 saturated carbocycles. The van der Waals surface area contributed by atoms with Crippen molar-refractivity contribution >= 4 is 11.6 Å². The summed E-state index contributed by atoms with van der Waals surface area (Å²) in [6, 6.07) is 10.0. The first-order valence-electron chi connectivity index (χ1n) is 13.8. The third-order valence-corrected chi connectivity index (χ3v) is 9.23. The molecule has 3 aromatic rings. The molecule has 1 atom stereocenters. The van der Waals surface area contributed by atoms with E-state index < -0.39 is 23.1 Å². The molecule has 1 amide bonds. The van der Waals surface area contributed by atoms with Crippen molar-refractivity contribution in [3.05, 3.63) is 76.4 Å². The monoisotopic (exact) mass is 553 g/mol. The lowest BCUT2D eigenvalue weighted by Crippen LogP contribution is -2.49. The molecule has 2 heterocycles. The van der Waals surface area contributed by atoms with Gasteiger partial charge in [-0.05, 0) is 86.9 Å². The lowest BCUT2D eigenvalue weighted by molar-refractivity contribution is -0.138. The highest BCUT2D eigenvalue weighted by atomic mass is 19.4. The number of hydrogen-bond donors (Lipinski definition) is 1. The third-order valence-electron chi connectivity index (χ3n) is 9.23. The van der Waals surface area contributed by atoms with Gasteiger partial charge in [0.05, 0.1) is 23.6 Å². The van der Waals surface area contributed by atoms with Crippen molar-refractivity contribution in [2.45, 2.75) is 81.8 Å². The number of carbonyl (C=O) groups excluding carboxylic acids is 1. The number of nitrogens with one attached hydrogen (secondary N) is 1. The number of methoxy groups -OCH3 is 1. The summed E-state index contributed by atoms with van der Waals surface area (Å²) in [6.45, 7) is 3.82. The smallest absolute Gasteiger partial charge is 0.381 e. The van der Waals surface area contributed by atoms with Gasteiger partial charge in [-0.15, -0.1) is 10.2 Å². The van der Waals surface area contributed by atoms with Crippen LogP contribution in [0.4, 0.5) is 18.9 Å². The molecule has 0 radical (unpaired) electrons. The largest absolute Gasteiger partial charge is 0.416 e. The molecular formula is C30H34F3N5O2. The van der Waals surface area contributed by atoms with Crippen molar-refractivity contribution < 1.29 is 22.7 Å². The van der Waals surface area contributed by atoms with Gasteiger partial charge >= 0.3 is 6.18 Å². The molecule has 0 spiro atoms. The number of aromatic nitrogens is 3. The Hall–Kier alpha value is -3.24. The lowest BCUT2D eigenvalue weighted by atomic mass is 9.62. The molecular weight excluding hydrogens is 519 g/mol. The van der Waals surface area contributed by atoms with Gasteiger partial charge < -0.3 is 19.5 Å². The number of halogens is 3. The van der Waals surface area contributed by atoms with Crippen LogP contribution in [-0.4, -0.2) is 39.4 Å². The topological polar surface area (TPSA) is 72.3 Å². The Bertz CT molecular complexity index is 1460. The Morgan fingerprint density at radius 3 is 2.52 bits per heavy atom. The highest BCUT2D eigenvalue weighted by Gasteiger charge is 2.50. The number of rotatable bonds is 7. The molecule has 10 heteroatoms. The minimum atomic E-state index is -4.57. The van der Waals surface area contributed by atoms with E-state index in [1.165, 1.54) is 11.0 Å². The van der Waals surface area contributed by atoms with Gasteiger partial charge in [0.2, 0.25) is 0 Å². The fourth-order valence-corrected chi connectivity index (χ4v) is 6.72. The van der Waals surface area contributed by atoms with Crippen molar-refractivity contribution in [2.24, 2.45) is 7.05 Å². The summed E-state index contributed by atoms with van der Waals surface area (Å²) >= 11 is 0. The zero-order valence-corrected chi connectivity index (χ0v) is 23.2. The number of anilines is 1. The van der Waals surface area contributed by atoms with E-state index in [1.807, 2.05) is 36.7 Å². The molecule has 212 valence electrons. The second-order valence-electron chi connectivity index (χ2n) is 11.9. The van der Waals surface area contributed by atoms with Crippen LogP contribution in [0.1, 0.15) is 90.4 Å². The maximum absolute atomic E-state index is 14.3. The molecule has 3 aliphatic rings. The number of fused-ring (bicyclic) bond motifs is 1. The first kappa shape index (κ1) is 27.0. The first-order valence-corrected chi connectivity index (χ1v) is 13.8. The molecule has 2 aromatic carbocycles. The van der Waals surface area contributed by atoms with Crippen molar-refractivity contribution in [2.75, 3.05) is 12.0 Å². The Kier molecular flexibility index (Phi) is 6.34. The summed E-state index contributed by atoms with van der Waals surface area (Å²) in [6.07, 6.45) is 1.59. The van der Waals surface area contributed by atoms with Gasteiger partial charge in [-0.3, -0.25) is 4.79 Å². The van der Waals surface area contributed by atoms with E-state index in [4.69, 9.17) is 4.74 Å². The SMILES string of the molecule is CO[C@H]1C[C@](c2cccc(N3Cc4c(cc([C@@H](C)NC5(C)CCC5)cc4C(F)(F)F)C3=O)c2)(c2nncn2C)C1. The lowest BCUT2D eigenvalue weighted by Gasteiger charge is -2.46. The quantitative estimate of drug-likeness (QED) is 0.408. The highest BCUT2D eigenvalue weighted by molar-refractivity contribution is 6.10. The van der Waals surface area contributed by atoms with E-state index in [0.717, 1.165) is 30.7 Å². The van der Waals surface area contributed by atoms with Crippen LogP contribution in [0.15, 0.2) is 42.7 Å². The summed E-state index contributed by atoms with van der Waals surface area (Å²) in [5.74, 6) is 0.372. The Labute approximate surface area is 231 Å². The Morgan fingerprint density at radius 1 is 1.18 bits per heavy atom. The number of aryl methyl sites for hydroxylation is 1. The van der Waals surface area contributed by atoms with Crippen LogP contribution < -0.4 is 10.2 Å². The molecule has 7 nitrogen and oxygen atoms in total. The van der Waals surface area contributed by atoms with Gasteiger partial charge in [-0.1, -0.05) is 12.1 Å². The van der Waals surface area contributed by atoms with Gasteiger partial charge in [0, 0.05) is 37.0 Å². The summed E-state index contributed by atoms with van der Waals surface area (Å²) in [4.78, 5) is 15.2. The van der Waals surface area contributed by atoms with E-state index in [0.29, 0.717) is 24.1 Å². The molecule has 0 bridgehead atoms. The number of carbonyl (C=O) groups is 1. The molecule has 0 unspecified atom stereocenters. The number of hydrogen-bond acceptors (Lipinski definition) is 5. The van der Waals surface area contributed by atoms with Crippen LogP contribution in [-0.2, 0) is 29.9 Å². The number of benzene rings is 2. The van der Waals surface area contributed by atoms with Gasteiger partial charge in [-0.2, -0.15) is 13.2 Å². The van der Waals surface area contributed by atoms with Crippen LogP contribution in [0.25, 0.3) is 0 Å². The maximum Gasteiger partial charge on any atom is 0.416 e. The van der Waals surface area contributed by atoms with E-state index in [9.17, 15) is 18.0 Å². The van der Waals surface area contributed by atoms with Crippen molar-refractivity contribution in [3.63, 3.8) is 0 Å². The molecule has 1 N–H and O–H groups in total. The molecule has 1 aromatic heterocycles. The molecule has 2 aliphatic carbocycles. The van der Waals surface area contributed by atoms with E-state index in [1.54, 1.807) is 25.6 Å². The van der Waals surface area contributed by atoms with Gasteiger partial charge in [0.1, 0.15) is 12.2 Å². The minimum Gasteiger partial charge on any atom is -0.381 e. The molecule has 1 aliphatic heterocycles. The zero-order chi connectivity index (χ0) is 28.4. The van der Waals surface area contributed by atoms with Crippen LogP contribution in [0.5, 0.6) is 0 Å².